The van der Waals surface area contributed by atoms with Gasteiger partial charge in [-0.15, -0.1) is 0 Å². The van der Waals surface area contributed by atoms with Crippen LogP contribution in [0.1, 0.15) is 24.8 Å². The van der Waals surface area contributed by atoms with Gasteiger partial charge in [0.2, 0.25) is 10.0 Å². The summed E-state index contributed by atoms with van der Waals surface area (Å²) in [5, 5.41) is 5.07. The molecule has 1 heterocycles. The summed E-state index contributed by atoms with van der Waals surface area (Å²) in [7, 11) is -3.80. The number of fused-ring (bicyclic) bond motifs is 1. The topological polar surface area (TPSA) is 95.7 Å². The van der Waals surface area contributed by atoms with E-state index in [9.17, 15) is 13.2 Å². The summed E-state index contributed by atoms with van der Waals surface area (Å²) >= 11 is 0. The fraction of sp³-hybridized carbons (Fsp3) is 0.417. The first-order valence-corrected chi connectivity index (χ1v) is 7.44. The average molecular weight is 285 g/mol. The largest absolute Gasteiger partial charge is 0.492 e. The first-order valence-electron chi connectivity index (χ1n) is 5.89. The molecule has 1 aromatic carbocycles. The normalized spacial score (nSPS) is 17.7. The number of primary sulfonamides is 1. The summed E-state index contributed by atoms with van der Waals surface area (Å²) in [5.41, 5.74) is 0.507. The van der Waals surface area contributed by atoms with Crippen LogP contribution in [0, 0.1) is 0 Å². The number of carbonyl (C=O) groups is 1. The number of sulfonamides is 1. The second-order valence-electron chi connectivity index (χ2n) is 4.28. The van der Waals surface area contributed by atoms with Crippen LogP contribution in [-0.2, 0) is 19.6 Å². The fourth-order valence-corrected chi connectivity index (χ4v) is 2.42. The van der Waals surface area contributed by atoms with Gasteiger partial charge >= 0.3 is 5.97 Å². The van der Waals surface area contributed by atoms with Crippen molar-refractivity contribution in [3.8, 4) is 5.75 Å². The lowest BCUT2D eigenvalue weighted by atomic mass is 10.0. The summed E-state index contributed by atoms with van der Waals surface area (Å²) in [6, 6.07) is 4.23. The Morgan fingerprint density at radius 1 is 1.53 bits per heavy atom. The van der Waals surface area contributed by atoms with Crippen molar-refractivity contribution >= 4 is 16.0 Å². The monoisotopic (exact) mass is 285 g/mol. The third kappa shape index (κ3) is 2.87. The highest BCUT2D eigenvalue weighted by Gasteiger charge is 2.32. The van der Waals surface area contributed by atoms with Gasteiger partial charge in [0, 0.05) is 5.56 Å². The third-order valence-corrected chi connectivity index (χ3v) is 3.73. The fourth-order valence-electron chi connectivity index (χ4n) is 1.87. The molecule has 0 amide bonds. The molecule has 1 aliphatic rings. The zero-order valence-electron chi connectivity index (χ0n) is 10.5. The molecule has 1 atom stereocenters. The van der Waals surface area contributed by atoms with Gasteiger partial charge < -0.3 is 9.47 Å². The van der Waals surface area contributed by atoms with Crippen molar-refractivity contribution in [1.29, 1.82) is 0 Å². The lowest BCUT2D eigenvalue weighted by molar-refractivity contribution is -0.145. The van der Waals surface area contributed by atoms with E-state index in [0.29, 0.717) is 17.9 Å². The van der Waals surface area contributed by atoms with E-state index >= 15 is 0 Å². The van der Waals surface area contributed by atoms with Gasteiger partial charge in [-0.1, -0.05) is 6.92 Å². The summed E-state index contributed by atoms with van der Waals surface area (Å²) < 4.78 is 33.0. The lowest BCUT2D eigenvalue weighted by Gasteiger charge is -2.09. The number of ether oxygens (including phenoxy) is 2. The standard InChI is InChI=1S/C12H15NO5S/c1-2-5-17-12(14)10-7-18-11-4-3-8(6-9(10)11)19(13,15)16/h3-4,6,10H,2,5,7H2,1H3,(H2,13,15,16). The second-order valence-corrected chi connectivity index (χ2v) is 5.84. The SMILES string of the molecule is CCCOC(=O)C1COc2ccc(S(N)(=O)=O)cc21. The van der Waals surface area contributed by atoms with Crippen LogP contribution in [0.5, 0.6) is 5.75 Å². The van der Waals surface area contributed by atoms with Crippen LogP contribution in [0.25, 0.3) is 0 Å². The van der Waals surface area contributed by atoms with E-state index in [4.69, 9.17) is 14.6 Å². The van der Waals surface area contributed by atoms with Crippen molar-refractivity contribution in [1.82, 2.24) is 0 Å². The highest BCUT2D eigenvalue weighted by Crippen LogP contribution is 2.36. The number of nitrogens with two attached hydrogens (primary N) is 1. The van der Waals surface area contributed by atoms with E-state index in [-0.39, 0.29) is 11.5 Å². The number of hydrogen-bond donors (Lipinski definition) is 1. The molecule has 1 aromatic rings. The van der Waals surface area contributed by atoms with Crippen molar-refractivity contribution in [3.63, 3.8) is 0 Å². The molecule has 2 rings (SSSR count). The van der Waals surface area contributed by atoms with E-state index in [1.807, 2.05) is 6.92 Å². The highest BCUT2D eigenvalue weighted by molar-refractivity contribution is 7.89. The molecular formula is C12H15NO5S. The number of esters is 1. The van der Waals surface area contributed by atoms with E-state index in [0.717, 1.165) is 6.42 Å². The molecule has 6 nitrogen and oxygen atoms in total. The summed E-state index contributed by atoms with van der Waals surface area (Å²) in [4.78, 5) is 11.8. The Bertz CT molecular complexity index is 596. The predicted octanol–water partition coefficient (Wildman–Crippen LogP) is 0.763. The van der Waals surface area contributed by atoms with Crippen molar-refractivity contribution < 1.29 is 22.7 Å². The minimum absolute atomic E-state index is 0.0370. The maximum atomic E-state index is 11.8. The molecule has 19 heavy (non-hydrogen) atoms. The predicted molar refractivity (Wildman–Crippen MR) is 67.3 cm³/mol. The Balaban J connectivity index is 2.30. The zero-order chi connectivity index (χ0) is 14.0. The summed E-state index contributed by atoms with van der Waals surface area (Å²) in [5.74, 6) is -0.513. The Morgan fingerprint density at radius 3 is 2.89 bits per heavy atom. The van der Waals surface area contributed by atoms with Gasteiger partial charge in [-0.05, 0) is 24.6 Å². The van der Waals surface area contributed by atoms with Crippen LogP contribution in [-0.4, -0.2) is 27.6 Å². The average Bonchev–Trinajstić information content (AvgIpc) is 2.77. The van der Waals surface area contributed by atoms with Crippen LogP contribution in [0.4, 0.5) is 0 Å². The smallest absolute Gasteiger partial charge is 0.317 e. The van der Waals surface area contributed by atoms with Crippen molar-refractivity contribution in [2.45, 2.75) is 24.2 Å². The number of hydrogen-bond acceptors (Lipinski definition) is 5. The van der Waals surface area contributed by atoms with E-state index in [1.54, 1.807) is 0 Å². The Labute approximate surface area is 111 Å². The van der Waals surface area contributed by atoms with Crippen LogP contribution in [0.15, 0.2) is 23.1 Å². The molecule has 1 aliphatic heterocycles. The van der Waals surface area contributed by atoms with Gasteiger partial charge in [-0.25, -0.2) is 13.6 Å². The highest BCUT2D eigenvalue weighted by atomic mass is 32.2. The van der Waals surface area contributed by atoms with Gasteiger partial charge in [-0.3, -0.25) is 4.79 Å². The quantitative estimate of drug-likeness (QED) is 0.824. The zero-order valence-corrected chi connectivity index (χ0v) is 11.3. The molecule has 7 heteroatoms. The number of benzene rings is 1. The van der Waals surface area contributed by atoms with E-state index in [2.05, 4.69) is 0 Å². The molecule has 0 spiro atoms. The molecular weight excluding hydrogens is 270 g/mol. The van der Waals surface area contributed by atoms with Gasteiger partial charge in [0.05, 0.1) is 11.5 Å². The molecule has 0 aliphatic carbocycles. The number of rotatable bonds is 4. The van der Waals surface area contributed by atoms with Crippen LogP contribution in [0.2, 0.25) is 0 Å². The Hall–Kier alpha value is -1.60. The van der Waals surface area contributed by atoms with Gasteiger partial charge in [0.1, 0.15) is 18.3 Å². The molecule has 1 unspecified atom stereocenters. The molecule has 0 saturated carbocycles. The molecule has 0 aromatic heterocycles. The van der Waals surface area contributed by atoms with Crippen molar-refractivity contribution in [2.24, 2.45) is 5.14 Å². The van der Waals surface area contributed by atoms with E-state index in [1.165, 1.54) is 18.2 Å². The molecule has 0 radical (unpaired) electrons. The first-order chi connectivity index (χ1) is 8.93. The summed E-state index contributed by atoms with van der Waals surface area (Å²) in [6.45, 7) is 2.39. The Kier molecular flexibility index (Phi) is 3.77. The van der Waals surface area contributed by atoms with E-state index < -0.39 is 21.9 Å². The van der Waals surface area contributed by atoms with Gasteiger partial charge in [-0.2, -0.15) is 0 Å². The molecule has 0 fully saturated rings. The molecule has 104 valence electrons. The maximum Gasteiger partial charge on any atom is 0.317 e. The minimum Gasteiger partial charge on any atom is -0.492 e. The van der Waals surface area contributed by atoms with Gasteiger partial charge in [0.25, 0.3) is 0 Å². The van der Waals surface area contributed by atoms with Crippen LogP contribution >= 0.6 is 0 Å². The van der Waals surface area contributed by atoms with Crippen molar-refractivity contribution in [2.75, 3.05) is 13.2 Å². The second kappa shape index (κ2) is 5.18. The van der Waals surface area contributed by atoms with Crippen LogP contribution < -0.4 is 9.88 Å². The summed E-state index contributed by atoms with van der Waals surface area (Å²) in [6.07, 6.45) is 0.726. The van der Waals surface area contributed by atoms with Crippen molar-refractivity contribution in [3.05, 3.63) is 23.8 Å². The number of carbonyl (C=O) groups excluding carboxylic acids is 1. The Morgan fingerprint density at radius 2 is 2.26 bits per heavy atom. The molecule has 0 saturated heterocycles. The lowest BCUT2D eigenvalue weighted by Crippen LogP contribution is -2.18. The molecule has 0 bridgehead atoms. The maximum absolute atomic E-state index is 11.8. The minimum atomic E-state index is -3.80. The van der Waals surface area contributed by atoms with Crippen LogP contribution in [0.3, 0.4) is 0 Å². The van der Waals surface area contributed by atoms with Gasteiger partial charge in [0.15, 0.2) is 0 Å². The first kappa shape index (κ1) is 13.8. The molecule has 2 N–H and O–H groups in total. The third-order valence-electron chi connectivity index (χ3n) is 2.82.